The van der Waals surface area contributed by atoms with Crippen molar-refractivity contribution in [3.8, 4) is 11.4 Å². The Kier molecular flexibility index (Phi) is 4.33. The van der Waals surface area contributed by atoms with E-state index < -0.39 is 0 Å². The van der Waals surface area contributed by atoms with Gasteiger partial charge in [-0.1, -0.05) is 97.1 Å². The summed E-state index contributed by atoms with van der Waals surface area (Å²) in [6, 6.07) is 47.9. The number of hydrogen-bond acceptors (Lipinski definition) is 1. The van der Waals surface area contributed by atoms with Crippen LogP contribution in [0.25, 0.3) is 76.7 Å². The van der Waals surface area contributed by atoms with Crippen LogP contribution in [0.3, 0.4) is 0 Å². The number of hydrogen-bond donors (Lipinski definition) is 0. The maximum Gasteiger partial charge on any atom is 0.0703 e. The first kappa shape index (κ1) is 21.5. The fourth-order valence-corrected chi connectivity index (χ4v) is 6.61. The molecule has 0 aliphatic carbocycles. The van der Waals surface area contributed by atoms with Gasteiger partial charge in [-0.05, 0) is 41.8 Å². The molecule has 3 heteroatoms. The smallest absolute Gasteiger partial charge is 0.0703 e. The van der Waals surface area contributed by atoms with Gasteiger partial charge in [-0.15, -0.1) is 0 Å². The Morgan fingerprint density at radius 3 is 1.70 bits per heavy atom. The zero-order valence-corrected chi connectivity index (χ0v) is 21.6. The molecule has 3 heterocycles. The van der Waals surface area contributed by atoms with Gasteiger partial charge >= 0.3 is 0 Å². The molecule has 0 aliphatic rings. The predicted octanol–water partition coefficient (Wildman–Crippen LogP) is 9.58. The fourth-order valence-electron chi connectivity index (χ4n) is 6.61. The summed E-state index contributed by atoms with van der Waals surface area (Å²) < 4.78 is 4.85. The predicted molar refractivity (Wildman–Crippen MR) is 168 cm³/mol. The maximum atomic E-state index is 4.87. The second kappa shape index (κ2) is 8.05. The summed E-state index contributed by atoms with van der Waals surface area (Å²) in [5, 5.41) is 8.61. The van der Waals surface area contributed by atoms with Crippen LogP contribution in [-0.4, -0.2) is 14.1 Å². The van der Waals surface area contributed by atoms with Crippen molar-refractivity contribution in [3.05, 3.63) is 140 Å². The van der Waals surface area contributed by atoms with Gasteiger partial charge in [0.25, 0.3) is 0 Å². The lowest BCUT2D eigenvalue weighted by Gasteiger charge is -2.14. The molecule has 186 valence electrons. The molecule has 0 N–H and O–H groups in total. The molecule has 0 atom stereocenters. The van der Waals surface area contributed by atoms with Crippen LogP contribution >= 0.6 is 0 Å². The molecule has 0 spiro atoms. The zero-order chi connectivity index (χ0) is 26.2. The average Bonchev–Trinajstić information content (AvgIpc) is 3.54. The summed E-state index contributed by atoms with van der Waals surface area (Å²) in [7, 11) is 0. The zero-order valence-electron chi connectivity index (χ0n) is 21.6. The normalized spacial score (nSPS) is 12.0. The molecule has 0 aliphatic heterocycles. The van der Waals surface area contributed by atoms with Crippen molar-refractivity contribution in [1.29, 1.82) is 0 Å². The minimum atomic E-state index is 1.00. The summed E-state index contributed by atoms with van der Waals surface area (Å²) in [4.78, 5) is 4.87. The van der Waals surface area contributed by atoms with Gasteiger partial charge in [-0.25, -0.2) is 0 Å². The first-order valence-electron chi connectivity index (χ1n) is 13.7. The van der Waals surface area contributed by atoms with Crippen molar-refractivity contribution >= 4 is 65.3 Å². The van der Waals surface area contributed by atoms with E-state index in [0.29, 0.717) is 0 Å². The van der Waals surface area contributed by atoms with Crippen LogP contribution in [0.4, 0.5) is 0 Å². The van der Waals surface area contributed by atoms with Crippen molar-refractivity contribution in [1.82, 2.24) is 14.1 Å². The van der Waals surface area contributed by atoms with E-state index in [2.05, 4.69) is 137 Å². The Labute approximate surface area is 230 Å². The third kappa shape index (κ3) is 2.86. The number of benzene rings is 6. The van der Waals surface area contributed by atoms with E-state index in [1.54, 1.807) is 0 Å². The lowest BCUT2D eigenvalue weighted by Crippen LogP contribution is -1.98. The van der Waals surface area contributed by atoms with Crippen LogP contribution in [0.5, 0.6) is 0 Å². The summed E-state index contributed by atoms with van der Waals surface area (Å²) in [6.07, 6.45) is 2.01. The van der Waals surface area contributed by atoms with E-state index in [1.165, 1.54) is 54.4 Å². The number of fused-ring (bicyclic) bond motifs is 10. The molecule has 0 amide bonds. The van der Waals surface area contributed by atoms with Crippen molar-refractivity contribution in [2.45, 2.75) is 0 Å². The van der Waals surface area contributed by atoms with Crippen LogP contribution in [0.15, 0.2) is 140 Å². The summed E-state index contributed by atoms with van der Waals surface area (Å²) in [5.41, 5.74) is 8.06. The topological polar surface area (TPSA) is 22.8 Å². The Hall–Kier alpha value is -5.41. The molecule has 9 aromatic rings. The van der Waals surface area contributed by atoms with Crippen molar-refractivity contribution in [2.75, 3.05) is 0 Å². The monoisotopic (exact) mass is 509 g/mol. The molecule has 9 rings (SSSR count). The molecule has 0 radical (unpaired) electrons. The Balaban J connectivity index is 1.56. The lowest BCUT2D eigenvalue weighted by molar-refractivity contribution is 1.16. The Morgan fingerprint density at radius 2 is 1.00 bits per heavy atom. The third-order valence-electron chi connectivity index (χ3n) is 8.30. The third-order valence-corrected chi connectivity index (χ3v) is 8.30. The van der Waals surface area contributed by atoms with Gasteiger partial charge in [0.1, 0.15) is 0 Å². The first-order chi connectivity index (χ1) is 19.9. The highest BCUT2D eigenvalue weighted by Crippen LogP contribution is 2.43. The van der Waals surface area contributed by atoms with Crippen LogP contribution in [0, 0.1) is 0 Å². The van der Waals surface area contributed by atoms with Crippen LogP contribution in [0.1, 0.15) is 0 Å². The molecule has 40 heavy (non-hydrogen) atoms. The molecule has 0 fully saturated rings. The minimum absolute atomic E-state index is 1.00. The van der Waals surface area contributed by atoms with E-state index in [0.717, 1.165) is 22.3 Å². The van der Waals surface area contributed by atoms with Crippen molar-refractivity contribution in [3.63, 3.8) is 0 Å². The Bertz CT molecular complexity index is 2420. The fraction of sp³-hybridized carbons (Fsp3) is 0. The van der Waals surface area contributed by atoms with Gasteiger partial charge in [-0.3, -0.25) is 4.98 Å². The highest BCUT2D eigenvalue weighted by atomic mass is 15.0. The molecule has 0 saturated heterocycles. The van der Waals surface area contributed by atoms with E-state index in [9.17, 15) is 0 Å². The van der Waals surface area contributed by atoms with Crippen LogP contribution in [-0.2, 0) is 0 Å². The number of nitrogens with zero attached hydrogens (tertiary/aromatic N) is 3. The number of pyridine rings is 1. The molecular formula is C37H23N3. The van der Waals surface area contributed by atoms with Crippen molar-refractivity contribution < 1.29 is 0 Å². The van der Waals surface area contributed by atoms with Gasteiger partial charge in [0.05, 0.1) is 39.5 Å². The van der Waals surface area contributed by atoms with Crippen LogP contribution in [0.2, 0.25) is 0 Å². The molecular weight excluding hydrogens is 486 g/mol. The maximum absolute atomic E-state index is 4.87. The van der Waals surface area contributed by atoms with E-state index in [1.807, 2.05) is 12.3 Å². The number of aromatic nitrogens is 3. The van der Waals surface area contributed by atoms with Crippen molar-refractivity contribution in [2.24, 2.45) is 0 Å². The van der Waals surface area contributed by atoms with Crippen LogP contribution < -0.4 is 0 Å². The molecule has 3 aromatic heterocycles. The molecule has 6 aromatic carbocycles. The quantitative estimate of drug-likeness (QED) is 0.227. The van der Waals surface area contributed by atoms with Gasteiger partial charge in [-0.2, -0.15) is 0 Å². The second-order valence-electron chi connectivity index (χ2n) is 10.4. The van der Waals surface area contributed by atoms with E-state index in [4.69, 9.17) is 4.98 Å². The summed E-state index contributed by atoms with van der Waals surface area (Å²) >= 11 is 0. The van der Waals surface area contributed by atoms with Gasteiger partial charge in [0, 0.05) is 38.0 Å². The molecule has 0 unspecified atom stereocenters. The molecule has 0 bridgehead atoms. The lowest BCUT2D eigenvalue weighted by atomic mass is 10.0. The highest BCUT2D eigenvalue weighted by Gasteiger charge is 2.21. The standard InChI is InChI=1S/C37H23N3/c1-2-11-26(12-3-1)39-33-16-8-5-13-28(33)30-20-18-24-19-21-31-29-14-6-9-17-34(29)40(37(31)35(24)36(30)39)27-22-25-10-4-7-15-32(25)38-23-27/h1-23H. The first-order valence-corrected chi connectivity index (χ1v) is 13.7. The number of para-hydroxylation sites is 4. The van der Waals surface area contributed by atoms with Gasteiger partial charge in [0.15, 0.2) is 0 Å². The average molecular weight is 510 g/mol. The largest absolute Gasteiger partial charge is 0.309 e. The minimum Gasteiger partial charge on any atom is -0.309 e. The van der Waals surface area contributed by atoms with E-state index in [-0.39, 0.29) is 0 Å². The van der Waals surface area contributed by atoms with Gasteiger partial charge < -0.3 is 9.13 Å². The van der Waals surface area contributed by atoms with E-state index >= 15 is 0 Å². The second-order valence-corrected chi connectivity index (χ2v) is 10.4. The molecule has 3 nitrogen and oxygen atoms in total. The summed E-state index contributed by atoms with van der Waals surface area (Å²) in [5.74, 6) is 0. The summed E-state index contributed by atoms with van der Waals surface area (Å²) in [6.45, 7) is 0. The number of rotatable bonds is 2. The van der Waals surface area contributed by atoms with Gasteiger partial charge in [0.2, 0.25) is 0 Å². The molecule has 0 saturated carbocycles. The SMILES string of the molecule is c1ccc(-n2c3ccccc3c3ccc4ccc5c6ccccc6n(-c6cnc7ccccc7c6)c5c4c32)cc1. The highest BCUT2D eigenvalue weighted by molar-refractivity contribution is 6.28. The Morgan fingerprint density at radius 1 is 0.425 bits per heavy atom.